The van der Waals surface area contributed by atoms with Crippen molar-refractivity contribution in [3.8, 4) is 0 Å². The minimum absolute atomic E-state index is 0.113. The van der Waals surface area contributed by atoms with Crippen molar-refractivity contribution >= 4 is 27.4 Å². The summed E-state index contributed by atoms with van der Waals surface area (Å²) in [5.74, 6) is -5.28. The molecule has 2 aliphatic carbocycles. The first-order valence-corrected chi connectivity index (χ1v) is 13.4. The number of carbonyl (C=O) groups is 3. The molecule has 3 rings (SSSR count). The number of sulfone groups is 1. The molecule has 36 heavy (non-hydrogen) atoms. The zero-order valence-corrected chi connectivity index (χ0v) is 20.6. The second-order valence-corrected chi connectivity index (χ2v) is 12.1. The maximum Gasteiger partial charge on any atom is 0.407 e. The summed E-state index contributed by atoms with van der Waals surface area (Å²) in [4.78, 5) is 37.8. The van der Waals surface area contributed by atoms with E-state index >= 15 is 0 Å². The van der Waals surface area contributed by atoms with Gasteiger partial charge in [-0.15, -0.1) is 0 Å². The molecule has 3 N–H and O–H groups in total. The van der Waals surface area contributed by atoms with Crippen LogP contribution in [0.2, 0.25) is 0 Å². The van der Waals surface area contributed by atoms with Gasteiger partial charge in [0.15, 0.2) is 9.84 Å². The summed E-state index contributed by atoms with van der Waals surface area (Å²) in [6.07, 6.45) is -2.21. The number of amides is 2. The van der Waals surface area contributed by atoms with Gasteiger partial charge in [-0.05, 0) is 63.1 Å². The first kappa shape index (κ1) is 28.0. The minimum Gasteiger partial charge on any atom is -0.347 e. The van der Waals surface area contributed by atoms with Gasteiger partial charge in [0, 0.05) is 6.04 Å². The molecule has 0 aromatic heterocycles. The fourth-order valence-corrected chi connectivity index (χ4v) is 5.56. The highest BCUT2D eigenvalue weighted by Crippen LogP contribution is 2.34. The molecule has 0 aliphatic heterocycles. The first-order chi connectivity index (χ1) is 16.6. The number of halogens is 4. The van der Waals surface area contributed by atoms with E-state index in [0.717, 1.165) is 24.3 Å². The largest absolute Gasteiger partial charge is 0.407 e. The Morgan fingerprint density at radius 1 is 1.03 bits per heavy atom. The van der Waals surface area contributed by atoms with Crippen molar-refractivity contribution in [3.05, 3.63) is 35.6 Å². The van der Waals surface area contributed by atoms with Crippen LogP contribution in [0.3, 0.4) is 0 Å². The van der Waals surface area contributed by atoms with E-state index in [1.54, 1.807) is 0 Å². The summed E-state index contributed by atoms with van der Waals surface area (Å²) >= 11 is 0. The van der Waals surface area contributed by atoms with Gasteiger partial charge in [0.05, 0.1) is 11.5 Å². The molecule has 13 heteroatoms. The molecule has 1 aromatic carbocycles. The monoisotopic (exact) mass is 535 g/mol. The van der Waals surface area contributed by atoms with Gasteiger partial charge >= 0.3 is 6.18 Å². The predicted molar refractivity (Wildman–Crippen MR) is 122 cm³/mol. The molecule has 0 bridgehead atoms. The fourth-order valence-electron chi connectivity index (χ4n) is 3.62. The second-order valence-electron chi connectivity index (χ2n) is 9.96. The number of rotatable bonds is 12. The first-order valence-electron chi connectivity index (χ1n) is 11.5. The van der Waals surface area contributed by atoms with E-state index in [0.29, 0.717) is 25.7 Å². The van der Waals surface area contributed by atoms with Crippen molar-refractivity contribution in [1.82, 2.24) is 16.0 Å². The molecule has 8 nitrogen and oxygen atoms in total. The summed E-state index contributed by atoms with van der Waals surface area (Å²) in [6.45, 7) is 2.41. The smallest absolute Gasteiger partial charge is 0.347 e. The SMILES string of the molecule is CC(C)(NC(=O)[C@H](CS(=O)(=O)CC1CC1)N[C@@H](c1ccc(F)cc1)C(F)(F)F)C(=O)C(=O)NC1CC1. The molecule has 2 aliphatic rings. The summed E-state index contributed by atoms with van der Waals surface area (Å²) in [5, 5.41) is 6.77. The summed E-state index contributed by atoms with van der Waals surface area (Å²) in [7, 11) is -3.96. The van der Waals surface area contributed by atoms with Crippen LogP contribution < -0.4 is 16.0 Å². The molecule has 0 unspecified atom stereocenters. The zero-order valence-electron chi connectivity index (χ0n) is 19.8. The minimum atomic E-state index is -4.97. The highest BCUT2D eigenvalue weighted by molar-refractivity contribution is 7.91. The van der Waals surface area contributed by atoms with E-state index in [2.05, 4.69) is 16.0 Å². The number of carbonyl (C=O) groups excluding carboxylic acids is 3. The van der Waals surface area contributed by atoms with Gasteiger partial charge in [0.1, 0.15) is 23.4 Å². The van der Waals surface area contributed by atoms with Crippen molar-refractivity contribution in [2.75, 3.05) is 11.5 Å². The molecule has 2 atom stereocenters. The Kier molecular flexibility index (Phi) is 8.13. The van der Waals surface area contributed by atoms with Gasteiger partial charge < -0.3 is 10.6 Å². The average Bonchev–Trinajstić information content (AvgIpc) is 3.67. The Hall–Kier alpha value is -2.54. The van der Waals surface area contributed by atoms with Crippen molar-refractivity contribution in [3.63, 3.8) is 0 Å². The van der Waals surface area contributed by atoms with Crippen LogP contribution in [0.25, 0.3) is 0 Å². The van der Waals surface area contributed by atoms with Gasteiger partial charge in [0.25, 0.3) is 5.91 Å². The van der Waals surface area contributed by atoms with Crippen LogP contribution in [0.5, 0.6) is 0 Å². The lowest BCUT2D eigenvalue weighted by molar-refractivity contribution is -0.160. The highest BCUT2D eigenvalue weighted by Gasteiger charge is 2.45. The van der Waals surface area contributed by atoms with Gasteiger partial charge in [-0.3, -0.25) is 19.7 Å². The molecule has 2 amide bonds. The second kappa shape index (κ2) is 10.4. The van der Waals surface area contributed by atoms with E-state index < -0.39 is 68.4 Å². The molecule has 1 aromatic rings. The number of nitrogens with one attached hydrogen (secondary N) is 3. The third kappa shape index (κ3) is 7.99. The van der Waals surface area contributed by atoms with Gasteiger partial charge in [-0.25, -0.2) is 12.8 Å². The Bertz CT molecular complexity index is 1100. The van der Waals surface area contributed by atoms with Crippen molar-refractivity contribution in [2.24, 2.45) is 5.92 Å². The maximum atomic E-state index is 13.9. The molecule has 200 valence electrons. The van der Waals surface area contributed by atoms with E-state index in [9.17, 15) is 40.4 Å². The molecule has 0 heterocycles. The predicted octanol–water partition coefficient (Wildman–Crippen LogP) is 1.95. The number of benzene rings is 1. The van der Waals surface area contributed by atoms with Gasteiger partial charge in [0.2, 0.25) is 11.7 Å². The Morgan fingerprint density at radius 3 is 2.11 bits per heavy atom. The lowest BCUT2D eigenvalue weighted by atomic mass is 9.97. The number of alkyl halides is 3. The average molecular weight is 536 g/mol. The summed E-state index contributed by atoms with van der Waals surface area (Å²) in [6, 6.07) is -1.17. The number of Topliss-reactive ketones (excluding diaryl/α,β-unsaturated/α-hetero) is 1. The normalized spacial score (nSPS) is 18.3. The Balaban J connectivity index is 1.84. The molecular weight excluding hydrogens is 506 g/mol. The third-order valence-corrected chi connectivity index (χ3v) is 7.76. The topological polar surface area (TPSA) is 121 Å². The van der Waals surface area contributed by atoms with Crippen LogP contribution in [0.1, 0.15) is 51.1 Å². The number of hydrogen-bond acceptors (Lipinski definition) is 6. The molecule has 0 saturated heterocycles. The van der Waals surface area contributed by atoms with Crippen LogP contribution in [0.4, 0.5) is 17.6 Å². The van der Waals surface area contributed by atoms with E-state index in [1.165, 1.54) is 13.8 Å². The maximum absolute atomic E-state index is 13.9. The Morgan fingerprint density at radius 2 is 1.61 bits per heavy atom. The molecular formula is C23H29F4N3O5S. The van der Waals surface area contributed by atoms with Crippen LogP contribution in [0.15, 0.2) is 24.3 Å². The standard InChI is InChI=1S/C23H29F4N3O5S/c1-22(2,19(31)21(33)28-16-9-10-16)30-20(32)17(12-36(34,35)11-13-3-4-13)29-18(23(25,26)27)14-5-7-15(24)8-6-14/h5-8,13,16-18,29H,3-4,9-12H2,1-2H3,(H,28,33)(H,30,32)/t17-,18-/m0/s1. The molecule has 2 fully saturated rings. The third-order valence-electron chi connectivity index (χ3n) is 5.94. The molecule has 0 radical (unpaired) electrons. The lowest BCUT2D eigenvalue weighted by Crippen LogP contribution is -2.60. The van der Waals surface area contributed by atoms with Gasteiger partial charge in [-0.1, -0.05) is 12.1 Å². The highest BCUT2D eigenvalue weighted by atomic mass is 32.2. The number of hydrogen-bond donors (Lipinski definition) is 3. The van der Waals surface area contributed by atoms with Crippen molar-refractivity contribution in [2.45, 2.75) is 69.4 Å². The van der Waals surface area contributed by atoms with Crippen LogP contribution >= 0.6 is 0 Å². The van der Waals surface area contributed by atoms with E-state index in [-0.39, 0.29) is 17.7 Å². The fraction of sp³-hybridized carbons (Fsp3) is 0.609. The van der Waals surface area contributed by atoms with Crippen molar-refractivity contribution in [1.29, 1.82) is 0 Å². The van der Waals surface area contributed by atoms with Crippen molar-refractivity contribution < 1.29 is 40.4 Å². The molecule has 2 saturated carbocycles. The van der Waals surface area contributed by atoms with E-state index in [4.69, 9.17) is 0 Å². The summed E-state index contributed by atoms with van der Waals surface area (Å²) in [5.41, 5.74) is -2.25. The zero-order chi connectivity index (χ0) is 26.9. The lowest BCUT2D eigenvalue weighted by Gasteiger charge is -2.30. The quantitative estimate of drug-likeness (QED) is 0.278. The van der Waals surface area contributed by atoms with E-state index in [1.807, 2.05) is 0 Å². The summed E-state index contributed by atoms with van der Waals surface area (Å²) < 4.78 is 80.4. The molecule has 0 spiro atoms. The van der Waals surface area contributed by atoms with Crippen LogP contribution in [-0.2, 0) is 24.2 Å². The van der Waals surface area contributed by atoms with Crippen LogP contribution in [-0.4, -0.2) is 61.3 Å². The van der Waals surface area contributed by atoms with Gasteiger partial charge in [-0.2, -0.15) is 13.2 Å². The Labute approximate surface area is 206 Å². The number of ketones is 1. The van der Waals surface area contributed by atoms with Crippen LogP contribution in [0, 0.1) is 11.7 Å².